The van der Waals surface area contributed by atoms with Gasteiger partial charge in [-0.2, -0.15) is 0 Å². The standard InChI is InChI=1S/C8H14N4O2S2/c1-12(2)4-3-6-10-11-8(16-6)15-5-9-7(13)14/h9H,3-5H2,1-2H3,(H,13,14). The lowest BCUT2D eigenvalue weighted by Gasteiger charge is -2.05. The minimum absolute atomic E-state index is 0.303. The molecule has 0 atom stereocenters. The molecule has 0 unspecified atom stereocenters. The first-order chi connectivity index (χ1) is 7.58. The number of hydrogen-bond donors (Lipinski definition) is 2. The van der Waals surface area contributed by atoms with E-state index in [0.717, 1.165) is 22.3 Å². The molecule has 8 heteroatoms. The van der Waals surface area contributed by atoms with E-state index in [1.54, 1.807) is 0 Å². The van der Waals surface area contributed by atoms with Crippen molar-refractivity contribution in [3.8, 4) is 0 Å². The van der Waals surface area contributed by atoms with E-state index in [1.165, 1.54) is 23.1 Å². The summed E-state index contributed by atoms with van der Waals surface area (Å²) in [6.07, 6.45) is -0.151. The first-order valence-corrected chi connectivity index (χ1v) is 6.45. The van der Waals surface area contributed by atoms with Gasteiger partial charge in [0, 0.05) is 13.0 Å². The average molecular weight is 262 g/mol. The summed E-state index contributed by atoms with van der Waals surface area (Å²) < 4.78 is 0.794. The van der Waals surface area contributed by atoms with Crippen molar-refractivity contribution >= 4 is 29.2 Å². The van der Waals surface area contributed by atoms with Gasteiger partial charge in [-0.3, -0.25) is 0 Å². The van der Waals surface area contributed by atoms with Crippen molar-refractivity contribution in [3.63, 3.8) is 0 Å². The number of thioether (sulfide) groups is 1. The number of nitrogens with zero attached hydrogens (tertiary/aromatic N) is 3. The maximum Gasteiger partial charge on any atom is 0.405 e. The zero-order valence-corrected chi connectivity index (χ0v) is 10.8. The number of amides is 1. The molecule has 0 bridgehead atoms. The van der Waals surface area contributed by atoms with Crippen molar-refractivity contribution in [2.24, 2.45) is 0 Å². The SMILES string of the molecule is CN(C)CCc1nnc(SCNC(=O)O)s1. The second-order valence-electron chi connectivity index (χ2n) is 3.29. The van der Waals surface area contributed by atoms with E-state index in [-0.39, 0.29) is 0 Å². The molecular weight excluding hydrogens is 248 g/mol. The Hall–Kier alpha value is -0.860. The Morgan fingerprint density at radius 2 is 2.31 bits per heavy atom. The average Bonchev–Trinajstić information content (AvgIpc) is 2.62. The van der Waals surface area contributed by atoms with Crippen molar-refractivity contribution in [1.29, 1.82) is 0 Å². The predicted molar refractivity (Wildman–Crippen MR) is 64.1 cm³/mol. The van der Waals surface area contributed by atoms with Crippen LogP contribution < -0.4 is 5.32 Å². The van der Waals surface area contributed by atoms with Crippen molar-refractivity contribution < 1.29 is 9.90 Å². The van der Waals surface area contributed by atoms with E-state index < -0.39 is 6.09 Å². The summed E-state index contributed by atoms with van der Waals surface area (Å²) in [6, 6.07) is 0. The molecule has 1 aromatic rings. The highest BCUT2D eigenvalue weighted by atomic mass is 32.2. The van der Waals surface area contributed by atoms with E-state index in [2.05, 4.69) is 20.4 Å². The summed E-state index contributed by atoms with van der Waals surface area (Å²) in [4.78, 5) is 12.3. The van der Waals surface area contributed by atoms with Crippen LogP contribution in [0.25, 0.3) is 0 Å². The van der Waals surface area contributed by atoms with Crippen LogP contribution in [-0.2, 0) is 6.42 Å². The van der Waals surface area contributed by atoms with Crippen LogP contribution in [0.2, 0.25) is 0 Å². The van der Waals surface area contributed by atoms with Gasteiger partial charge in [0.1, 0.15) is 5.01 Å². The fourth-order valence-electron chi connectivity index (χ4n) is 0.876. The molecule has 0 saturated carbocycles. The van der Waals surface area contributed by atoms with Gasteiger partial charge in [-0.25, -0.2) is 4.79 Å². The Morgan fingerprint density at radius 1 is 1.56 bits per heavy atom. The van der Waals surface area contributed by atoms with Gasteiger partial charge in [-0.05, 0) is 14.1 Å². The molecule has 0 aromatic carbocycles. The number of carbonyl (C=O) groups is 1. The Bertz CT molecular complexity index is 343. The highest BCUT2D eigenvalue weighted by molar-refractivity contribution is 8.00. The third-order valence-electron chi connectivity index (χ3n) is 1.64. The Morgan fingerprint density at radius 3 is 2.94 bits per heavy atom. The van der Waals surface area contributed by atoms with Crippen molar-refractivity contribution in [2.45, 2.75) is 10.8 Å². The third-order valence-corrected chi connectivity index (χ3v) is 3.64. The Kier molecular flexibility index (Phi) is 5.50. The number of rotatable bonds is 6. The maximum absolute atomic E-state index is 10.2. The van der Waals surface area contributed by atoms with Gasteiger partial charge in [-0.15, -0.1) is 10.2 Å². The smallest absolute Gasteiger partial charge is 0.405 e. The molecule has 0 aliphatic heterocycles. The fraction of sp³-hybridized carbons (Fsp3) is 0.625. The number of likely N-dealkylation sites (N-methyl/N-ethyl adjacent to an activating group) is 1. The van der Waals surface area contributed by atoms with Crippen molar-refractivity contribution in [1.82, 2.24) is 20.4 Å². The van der Waals surface area contributed by atoms with Gasteiger partial charge < -0.3 is 15.3 Å². The predicted octanol–water partition coefficient (Wildman–Crippen LogP) is 0.959. The second-order valence-corrected chi connectivity index (χ2v) is 5.57. The molecule has 1 aromatic heterocycles. The minimum atomic E-state index is -1.02. The second kappa shape index (κ2) is 6.66. The highest BCUT2D eigenvalue weighted by Gasteiger charge is 2.05. The number of carboxylic acid groups (broad SMARTS) is 1. The molecule has 16 heavy (non-hydrogen) atoms. The Balaban J connectivity index is 2.30. The molecule has 1 rings (SSSR count). The summed E-state index contributed by atoms with van der Waals surface area (Å²) in [6.45, 7) is 0.937. The van der Waals surface area contributed by atoms with Gasteiger partial charge in [0.05, 0.1) is 5.88 Å². The topological polar surface area (TPSA) is 78.4 Å². The molecule has 2 N–H and O–H groups in total. The summed E-state index contributed by atoms with van der Waals surface area (Å²) >= 11 is 2.85. The lowest BCUT2D eigenvalue weighted by Crippen LogP contribution is -2.19. The molecule has 0 aliphatic carbocycles. The van der Waals surface area contributed by atoms with Gasteiger partial charge >= 0.3 is 6.09 Å². The van der Waals surface area contributed by atoms with E-state index in [4.69, 9.17) is 5.11 Å². The van der Waals surface area contributed by atoms with Gasteiger partial charge in [0.15, 0.2) is 4.34 Å². The summed E-state index contributed by atoms with van der Waals surface area (Å²) in [7, 11) is 4.01. The van der Waals surface area contributed by atoms with Crippen LogP contribution in [0, 0.1) is 0 Å². The minimum Gasteiger partial charge on any atom is -0.465 e. The summed E-state index contributed by atoms with van der Waals surface area (Å²) in [5, 5.41) is 19.6. The lowest BCUT2D eigenvalue weighted by atomic mass is 10.4. The summed E-state index contributed by atoms with van der Waals surface area (Å²) in [5.41, 5.74) is 0. The largest absolute Gasteiger partial charge is 0.465 e. The molecule has 0 saturated heterocycles. The van der Waals surface area contributed by atoms with Crippen LogP contribution >= 0.6 is 23.1 Å². The van der Waals surface area contributed by atoms with Crippen LogP contribution in [0.3, 0.4) is 0 Å². The van der Waals surface area contributed by atoms with Crippen LogP contribution in [0.1, 0.15) is 5.01 Å². The molecule has 0 spiro atoms. The van der Waals surface area contributed by atoms with Crippen LogP contribution in [-0.4, -0.2) is 52.8 Å². The molecular formula is C8H14N4O2S2. The zero-order chi connectivity index (χ0) is 12.0. The van der Waals surface area contributed by atoms with Gasteiger partial charge in [0.25, 0.3) is 0 Å². The molecule has 0 radical (unpaired) electrons. The molecule has 1 heterocycles. The monoisotopic (exact) mass is 262 g/mol. The van der Waals surface area contributed by atoms with Gasteiger partial charge in [0.2, 0.25) is 0 Å². The quantitative estimate of drug-likeness (QED) is 0.587. The number of hydrogen-bond acceptors (Lipinski definition) is 6. The number of nitrogens with one attached hydrogen (secondary N) is 1. The molecule has 0 fully saturated rings. The molecule has 0 aliphatic rings. The normalized spacial score (nSPS) is 10.7. The summed E-state index contributed by atoms with van der Waals surface area (Å²) in [5.74, 6) is 0.303. The molecule has 1 amide bonds. The van der Waals surface area contributed by atoms with Crippen LogP contribution in [0.5, 0.6) is 0 Å². The maximum atomic E-state index is 10.2. The van der Waals surface area contributed by atoms with Crippen LogP contribution in [0.4, 0.5) is 4.79 Å². The zero-order valence-electron chi connectivity index (χ0n) is 9.13. The van der Waals surface area contributed by atoms with E-state index >= 15 is 0 Å². The van der Waals surface area contributed by atoms with Crippen molar-refractivity contribution in [2.75, 3.05) is 26.5 Å². The third kappa shape index (κ3) is 5.29. The first kappa shape index (κ1) is 13.2. The number of aromatic nitrogens is 2. The Labute approximate surface area is 102 Å². The van der Waals surface area contributed by atoms with Crippen molar-refractivity contribution in [3.05, 3.63) is 5.01 Å². The van der Waals surface area contributed by atoms with E-state index in [9.17, 15) is 4.79 Å². The molecule has 90 valence electrons. The van der Waals surface area contributed by atoms with E-state index in [0.29, 0.717) is 5.88 Å². The van der Waals surface area contributed by atoms with Crippen LogP contribution in [0.15, 0.2) is 4.34 Å². The highest BCUT2D eigenvalue weighted by Crippen LogP contribution is 2.21. The fourth-order valence-corrected chi connectivity index (χ4v) is 2.55. The molecule has 6 nitrogen and oxygen atoms in total. The first-order valence-electron chi connectivity index (χ1n) is 4.64. The lowest BCUT2D eigenvalue weighted by molar-refractivity contribution is 0.196. The van der Waals surface area contributed by atoms with E-state index in [1.807, 2.05) is 14.1 Å². The van der Waals surface area contributed by atoms with Gasteiger partial charge in [-0.1, -0.05) is 23.1 Å².